The van der Waals surface area contributed by atoms with Gasteiger partial charge in [-0.1, -0.05) is 23.8 Å². The van der Waals surface area contributed by atoms with Gasteiger partial charge in [-0.05, 0) is 89.2 Å². The fraction of sp³-hybridized carbons (Fsp3) is 0.537. The smallest absolute Gasteiger partial charge is 0.319 e. The summed E-state index contributed by atoms with van der Waals surface area (Å²) in [6.45, 7) is 3.99. The maximum atomic E-state index is 14.1. The topological polar surface area (TPSA) is 224 Å². The standard InChI is InChI=1S/C41H56F2N10O7S/c1-41(2,17-19-45-35(55)16-5-4-15-34-36-32(24-61-34)48-39(57)49-36)60-25-52(3)40(58)46-21-27-22-53(51-50-27)28-11-8-10-26(20-28)38(56)47-31(14-6-7-18-44)33(54)23-59-37-29(42)12-9-13-30(37)43/h8-13,20,22,31-32,34,36H,4-7,14-19,21,23-25,44H2,1-3H3,(H,45,55)(H,46,58)(H,47,56)(H2,48,49,57)/t31?,32-,34-,36-/m0/s1. The number of nitrogens with zero attached hydrogens (tertiary/aromatic N) is 4. The van der Waals surface area contributed by atoms with Crippen molar-refractivity contribution in [3.8, 4) is 11.4 Å². The van der Waals surface area contributed by atoms with E-state index in [0.29, 0.717) is 55.4 Å². The lowest BCUT2D eigenvalue weighted by Crippen LogP contribution is -2.43. The quantitative estimate of drug-likeness (QED) is 0.0434. The molecule has 1 aromatic heterocycles. The van der Waals surface area contributed by atoms with E-state index in [1.165, 1.54) is 15.6 Å². The van der Waals surface area contributed by atoms with Crippen molar-refractivity contribution in [2.45, 2.75) is 101 Å². The molecule has 17 nitrogen and oxygen atoms in total. The van der Waals surface area contributed by atoms with Crippen molar-refractivity contribution in [2.75, 3.05) is 39.2 Å². The predicted molar refractivity (Wildman–Crippen MR) is 224 cm³/mol. The highest BCUT2D eigenvalue weighted by atomic mass is 32.2. The van der Waals surface area contributed by atoms with Gasteiger partial charge in [-0.15, -0.1) is 5.10 Å². The Labute approximate surface area is 358 Å². The number of thioether (sulfide) groups is 1. The SMILES string of the molecule is CN(COC(C)(C)CCNC(=O)CCCC[C@@H]1SC[C@@H]2NC(=O)N[C@@H]21)C(=O)NCc1cn(-c2cccc(C(=O)NC(CCCCN)C(=O)COc3c(F)cccc3F)c2)nn1. The molecule has 2 aliphatic heterocycles. The van der Waals surface area contributed by atoms with E-state index in [1.807, 2.05) is 25.6 Å². The molecule has 332 valence electrons. The van der Waals surface area contributed by atoms with Crippen LogP contribution < -0.4 is 37.1 Å². The van der Waals surface area contributed by atoms with Gasteiger partial charge >= 0.3 is 12.1 Å². The summed E-state index contributed by atoms with van der Waals surface area (Å²) in [6, 6.07) is 8.53. The van der Waals surface area contributed by atoms with E-state index in [4.69, 9.17) is 15.2 Å². The van der Waals surface area contributed by atoms with Crippen LogP contribution in [0.1, 0.15) is 81.3 Å². The lowest BCUT2D eigenvalue weighted by atomic mass is 10.0. The molecular weight excluding hydrogens is 815 g/mol. The normalized spacial score (nSPS) is 17.5. The number of Topliss-reactive ketones (excluding diaryl/α,β-unsaturated/α-hetero) is 1. The van der Waals surface area contributed by atoms with Gasteiger partial charge in [0, 0.05) is 36.6 Å². The second kappa shape index (κ2) is 22.5. The number of carbonyl (C=O) groups excluding carboxylic acids is 5. The van der Waals surface area contributed by atoms with Crippen molar-refractivity contribution in [3.63, 3.8) is 0 Å². The number of hydrogen-bond acceptors (Lipinski definition) is 11. The van der Waals surface area contributed by atoms with E-state index in [2.05, 4.69) is 36.9 Å². The number of nitrogens with two attached hydrogens (primary N) is 1. The fourth-order valence-electron chi connectivity index (χ4n) is 6.78. The third-order valence-corrected chi connectivity index (χ3v) is 11.9. The highest BCUT2D eigenvalue weighted by Gasteiger charge is 2.42. The minimum Gasteiger partial charge on any atom is -0.480 e. The molecule has 0 aliphatic carbocycles. The predicted octanol–water partition coefficient (Wildman–Crippen LogP) is 3.55. The van der Waals surface area contributed by atoms with Crippen LogP contribution in [0.2, 0.25) is 0 Å². The van der Waals surface area contributed by atoms with Crippen LogP contribution in [-0.2, 0) is 20.9 Å². The molecule has 20 heteroatoms. The molecule has 3 aromatic rings. The van der Waals surface area contributed by atoms with Crippen molar-refractivity contribution in [3.05, 3.63) is 71.6 Å². The van der Waals surface area contributed by atoms with Gasteiger partial charge in [0.2, 0.25) is 5.91 Å². The zero-order valence-corrected chi connectivity index (χ0v) is 35.5. The minimum absolute atomic E-state index is 0.00194. The minimum atomic E-state index is -0.999. The maximum Gasteiger partial charge on any atom is 0.319 e. The first kappa shape index (κ1) is 46.7. The Morgan fingerprint density at radius 2 is 1.84 bits per heavy atom. The van der Waals surface area contributed by atoms with Crippen LogP contribution in [0, 0.1) is 11.6 Å². The number of unbranched alkanes of at least 4 members (excludes halogenated alkanes) is 2. The number of nitrogens with one attached hydrogen (secondary N) is 5. The largest absolute Gasteiger partial charge is 0.480 e. The number of benzene rings is 2. The zero-order valence-electron chi connectivity index (χ0n) is 34.7. The van der Waals surface area contributed by atoms with Crippen LogP contribution in [0.4, 0.5) is 18.4 Å². The summed E-state index contributed by atoms with van der Waals surface area (Å²) in [4.78, 5) is 64.6. The zero-order chi connectivity index (χ0) is 43.9. The van der Waals surface area contributed by atoms with Gasteiger partial charge in [-0.3, -0.25) is 14.4 Å². The molecule has 5 rings (SSSR count). The summed E-state index contributed by atoms with van der Waals surface area (Å²) in [6.07, 6.45) is 6.57. The molecule has 0 saturated carbocycles. The van der Waals surface area contributed by atoms with Gasteiger partial charge in [0.1, 0.15) is 19.0 Å². The molecule has 6 amide bonds. The third-order valence-electron chi connectivity index (χ3n) is 10.4. The molecule has 1 unspecified atom stereocenters. The number of halogens is 2. The molecule has 0 radical (unpaired) electrons. The number of ketones is 1. The van der Waals surface area contributed by atoms with Crippen LogP contribution in [0.25, 0.3) is 5.69 Å². The molecular formula is C41H56F2N10O7S. The van der Waals surface area contributed by atoms with E-state index in [1.54, 1.807) is 37.5 Å². The molecule has 61 heavy (non-hydrogen) atoms. The number of hydrogen-bond donors (Lipinski definition) is 6. The molecule has 2 saturated heterocycles. The summed E-state index contributed by atoms with van der Waals surface area (Å²) in [5, 5.41) is 23.0. The maximum absolute atomic E-state index is 14.1. The fourth-order valence-corrected chi connectivity index (χ4v) is 8.32. The number of carbonyl (C=O) groups is 5. The lowest BCUT2D eigenvalue weighted by Gasteiger charge is -2.28. The van der Waals surface area contributed by atoms with Gasteiger partial charge in [0.05, 0.1) is 42.2 Å². The van der Waals surface area contributed by atoms with Crippen molar-refractivity contribution in [1.29, 1.82) is 0 Å². The van der Waals surface area contributed by atoms with E-state index in [9.17, 15) is 32.8 Å². The molecule has 0 spiro atoms. The average Bonchev–Trinajstić information content (AvgIpc) is 3.96. The van der Waals surface area contributed by atoms with E-state index < -0.39 is 53.4 Å². The number of urea groups is 2. The van der Waals surface area contributed by atoms with Crippen LogP contribution >= 0.6 is 11.8 Å². The van der Waals surface area contributed by atoms with Crippen LogP contribution in [0.3, 0.4) is 0 Å². The average molecular weight is 871 g/mol. The Kier molecular flexibility index (Phi) is 17.2. The number of aromatic nitrogens is 3. The number of ether oxygens (including phenoxy) is 2. The first-order valence-corrected chi connectivity index (χ1v) is 21.5. The Balaban J connectivity index is 1.01. The monoisotopic (exact) mass is 870 g/mol. The molecule has 7 N–H and O–H groups in total. The lowest BCUT2D eigenvalue weighted by molar-refractivity contribution is -0.123. The van der Waals surface area contributed by atoms with Crippen LogP contribution in [-0.4, -0.2) is 118 Å². The Bertz CT molecular complexity index is 1970. The van der Waals surface area contributed by atoms with Gasteiger partial charge in [-0.25, -0.2) is 23.1 Å². The van der Waals surface area contributed by atoms with Gasteiger partial charge < -0.3 is 46.7 Å². The molecule has 3 heterocycles. The van der Waals surface area contributed by atoms with Crippen LogP contribution in [0.5, 0.6) is 5.75 Å². The van der Waals surface area contributed by atoms with Gasteiger partial charge in [-0.2, -0.15) is 11.8 Å². The molecule has 2 fully saturated rings. The summed E-state index contributed by atoms with van der Waals surface area (Å²) in [5.74, 6) is -2.80. The summed E-state index contributed by atoms with van der Waals surface area (Å²) >= 11 is 1.87. The van der Waals surface area contributed by atoms with Crippen molar-refractivity contribution in [2.24, 2.45) is 5.73 Å². The van der Waals surface area contributed by atoms with Crippen LogP contribution in [0.15, 0.2) is 48.7 Å². The Morgan fingerprint density at radius 1 is 1.07 bits per heavy atom. The van der Waals surface area contributed by atoms with Crippen molar-refractivity contribution < 1.29 is 42.2 Å². The molecule has 0 bridgehead atoms. The van der Waals surface area contributed by atoms with Crippen molar-refractivity contribution in [1.82, 2.24) is 46.5 Å². The number of amides is 6. The summed E-state index contributed by atoms with van der Waals surface area (Å²) in [7, 11) is 1.59. The molecule has 2 aromatic carbocycles. The second-order valence-electron chi connectivity index (χ2n) is 15.7. The highest BCUT2D eigenvalue weighted by molar-refractivity contribution is 8.00. The Morgan fingerprint density at radius 3 is 2.61 bits per heavy atom. The first-order chi connectivity index (χ1) is 29.2. The second-order valence-corrected chi connectivity index (χ2v) is 17.0. The van der Waals surface area contributed by atoms with E-state index >= 15 is 0 Å². The highest BCUT2D eigenvalue weighted by Crippen LogP contribution is 2.33. The summed E-state index contributed by atoms with van der Waals surface area (Å²) < 4.78 is 40.7. The van der Waals surface area contributed by atoms with E-state index in [-0.39, 0.29) is 49.3 Å². The summed E-state index contributed by atoms with van der Waals surface area (Å²) in [5.41, 5.74) is 6.14. The third kappa shape index (κ3) is 14.1. The number of rotatable bonds is 24. The number of para-hydroxylation sites is 1. The van der Waals surface area contributed by atoms with E-state index in [0.717, 1.165) is 37.1 Å². The Hall–Kier alpha value is -5.34. The molecule has 2 aliphatic rings. The van der Waals surface area contributed by atoms with Crippen molar-refractivity contribution >= 4 is 41.4 Å². The van der Waals surface area contributed by atoms with Gasteiger partial charge in [0.25, 0.3) is 5.91 Å². The number of fused-ring (bicyclic) bond motifs is 1. The first-order valence-electron chi connectivity index (χ1n) is 20.4. The molecule has 4 atom stereocenters. The van der Waals surface area contributed by atoms with Gasteiger partial charge in [0.15, 0.2) is 23.2 Å².